The maximum Gasteiger partial charge on any atom is 0.328 e. The van der Waals surface area contributed by atoms with Crippen LogP contribution in [0.25, 0.3) is 0 Å². The fourth-order valence-corrected chi connectivity index (χ4v) is 4.13. The van der Waals surface area contributed by atoms with Gasteiger partial charge in [0.15, 0.2) is 18.3 Å². The van der Waals surface area contributed by atoms with E-state index in [2.05, 4.69) is 5.32 Å². The molecular formula is C27H35NO12. The molecule has 0 aliphatic carbocycles. The van der Waals surface area contributed by atoms with Crippen LogP contribution in [0.15, 0.2) is 30.3 Å². The van der Waals surface area contributed by atoms with Gasteiger partial charge in [-0.2, -0.15) is 0 Å². The monoisotopic (exact) mass is 569 g/mol. The van der Waals surface area contributed by atoms with Gasteiger partial charge >= 0.3 is 29.8 Å². The number of ether oxygens (including phenoxy) is 6. The van der Waals surface area contributed by atoms with Crippen LogP contribution < -0.4 is 5.32 Å². The Kier molecular flexibility index (Phi) is 10.2. The fraction of sp³-hybridized carbons (Fsp3) is 0.556. The first kappa shape index (κ1) is 26.2. The Hall–Kier alpha value is -4.00. The zero-order valence-electron chi connectivity index (χ0n) is 25.9. The van der Waals surface area contributed by atoms with Gasteiger partial charge in [0.1, 0.15) is 18.8 Å². The number of hydrogen-bond acceptors (Lipinski definition) is 12. The van der Waals surface area contributed by atoms with Gasteiger partial charge in [-0.25, -0.2) is 4.79 Å². The predicted octanol–water partition coefficient (Wildman–Crippen LogP) is 0.793. The summed E-state index contributed by atoms with van der Waals surface area (Å²) in [5.41, 5.74) is 0.749. The number of carbonyl (C=O) groups excluding carboxylic acids is 6. The SMILES string of the molecule is [2H]CC(=O)OC[C@H]1OC(CCC(=O)N[C@@H](Cc2ccccc2)C(=O)OC)[C@H](OC(=O)C[2H])[C@@H](OC(=O)C[2H])[C@@H]1OC(=O)C[2H]. The molecule has 2 rings (SSSR count). The summed E-state index contributed by atoms with van der Waals surface area (Å²) >= 11 is 0. The molecule has 1 saturated heterocycles. The van der Waals surface area contributed by atoms with Gasteiger partial charge in [-0.15, -0.1) is 0 Å². The van der Waals surface area contributed by atoms with Crippen molar-refractivity contribution in [1.82, 2.24) is 5.32 Å². The van der Waals surface area contributed by atoms with E-state index >= 15 is 0 Å². The van der Waals surface area contributed by atoms with Crippen LogP contribution in [0.2, 0.25) is 0 Å². The van der Waals surface area contributed by atoms with E-state index in [9.17, 15) is 28.8 Å². The summed E-state index contributed by atoms with van der Waals surface area (Å²) in [5, 5.41) is 2.58. The molecule has 1 aromatic carbocycles. The van der Waals surface area contributed by atoms with E-state index in [1.54, 1.807) is 30.3 Å². The third kappa shape index (κ3) is 10.3. The van der Waals surface area contributed by atoms with Crippen LogP contribution in [0.4, 0.5) is 0 Å². The van der Waals surface area contributed by atoms with Gasteiger partial charge in [-0.05, 0) is 12.0 Å². The normalized spacial score (nSPS) is 24.0. The smallest absolute Gasteiger partial charge is 0.328 e. The van der Waals surface area contributed by atoms with E-state index < -0.39 is 107 Å². The Morgan fingerprint density at radius 2 is 1.43 bits per heavy atom. The second-order valence-electron chi connectivity index (χ2n) is 8.63. The molecule has 220 valence electrons. The summed E-state index contributed by atoms with van der Waals surface area (Å²) in [6, 6.07) is 7.80. The van der Waals surface area contributed by atoms with E-state index in [-0.39, 0.29) is 19.3 Å². The highest BCUT2D eigenvalue weighted by atomic mass is 16.7. The molecule has 13 nitrogen and oxygen atoms in total. The number of hydrogen-bond donors (Lipinski definition) is 1. The van der Waals surface area contributed by atoms with Crippen LogP contribution in [-0.4, -0.2) is 86.0 Å². The Bertz CT molecular complexity index is 1140. The minimum absolute atomic E-state index is 0.126. The summed E-state index contributed by atoms with van der Waals surface area (Å²) < 4.78 is 60.8. The second-order valence-corrected chi connectivity index (χ2v) is 8.63. The summed E-state index contributed by atoms with van der Waals surface area (Å²) in [7, 11) is 1.17. The van der Waals surface area contributed by atoms with Crippen LogP contribution in [0.5, 0.6) is 0 Å². The van der Waals surface area contributed by atoms with Crippen LogP contribution in [0.1, 0.15) is 51.5 Å². The maximum absolute atomic E-state index is 13.0. The average molecular weight is 570 g/mol. The quantitative estimate of drug-likeness (QED) is 0.278. The van der Waals surface area contributed by atoms with E-state index in [1.165, 1.54) is 7.11 Å². The lowest BCUT2D eigenvalue weighted by atomic mass is 9.91. The van der Waals surface area contributed by atoms with E-state index in [4.69, 9.17) is 33.9 Å². The number of nitrogens with one attached hydrogen (secondary N) is 1. The van der Waals surface area contributed by atoms with Crippen molar-refractivity contribution in [2.75, 3.05) is 13.7 Å². The van der Waals surface area contributed by atoms with Crippen molar-refractivity contribution in [2.45, 2.75) is 83.4 Å². The molecule has 0 bridgehead atoms. The third-order valence-corrected chi connectivity index (χ3v) is 5.70. The summed E-state index contributed by atoms with van der Waals surface area (Å²) in [4.78, 5) is 73.6. The molecule has 6 atom stereocenters. The minimum Gasteiger partial charge on any atom is -0.467 e. The molecule has 1 aromatic rings. The minimum atomic E-state index is -1.65. The lowest BCUT2D eigenvalue weighted by molar-refractivity contribution is -0.253. The van der Waals surface area contributed by atoms with Crippen LogP contribution in [0, 0.1) is 0 Å². The molecule has 1 aliphatic heterocycles. The molecule has 0 spiro atoms. The van der Waals surface area contributed by atoms with Crippen molar-refractivity contribution in [3.63, 3.8) is 0 Å². The Morgan fingerprint density at radius 3 is 2.00 bits per heavy atom. The van der Waals surface area contributed by atoms with Gasteiger partial charge in [-0.3, -0.25) is 24.0 Å². The number of rotatable bonds is 12. The van der Waals surface area contributed by atoms with Gasteiger partial charge in [0.2, 0.25) is 5.91 Å². The molecule has 1 amide bonds. The van der Waals surface area contributed by atoms with Gasteiger partial charge in [0.05, 0.1) is 13.2 Å². The largest absolute Gasteiger partial charge is 0.467 e. The first-order chi connectivity index (χ1) is 21.1. The van der Waals surface area contributed by atoms with Crippen LogP contribution in [0.3, 0.4) is 0 Å². The first-order valence-corrected chi connectivity index (χ1v) is 12.0. The number of methoxy groups -OCH3 is 1. The molecule has 0 aromatic heterocycles. The van der Waals surface area contributed by atoms with Crippen LogP contribution in [-0.2, 0) is 63.6 Å². The molecule has 0 radical (unpaired) electrons. The standard InChI is InChI=1S/C27H35NO12/c1-15(29)36-14-22-25(38-17(3)31)26(39-18(4)32)24(37-16(2)30)21(40-22)11-12-23(33)28-20(27(34)35-5)13-19-9-7-6-8-10-19/h6-10,20-22,24-26H,11-14H2,1-5H3,(H,28,33)/t20-,21?,22+,24-,25+,26+/m0/s1/i1D,2D,3D,4D. The van der Waals surface area contributed by atoms with Crippen molar-refractivity contribution in [3.05, 3.63) is 35.9 Å². The van der Waals surface area contributed by atoms with E-state index in [0.29, 0.717) is 0 Å². The van der Waals surface area contributed by atoms with Crippen molar-refractivity contribution < 1.29 is 62.7 Å². The summed E-state index contributed by atoms with van der Waals surface area (Å²) in [6.45, 7) is -3.97. The zero-order chi connectivity index (χ0) is 32.6. The van der Waals surface area contributed by atoms with Crippen molar-refractivity contribution in [1.29, 1.82) is 0 Å². The van der Waals surface area contributed by atoms with Gasteiger partial charge in [0, 0.05) is 45.9 Å². The highest BCUT2D eigenvalue weighted by Gasteiger charge is 2.52. The Balaban J connectivity index is 2.35. The van der Waals surface area contributed by atoms with Gasteiger partial charge in [-0.1, -0.05) is 30.3 Å². The number of amides is 1. The molecule has 1 fully saturated rings. The number of esters is 5. The van der Waals surface area contributed by atoms with Crippen molar-refractivity contribution in [3.8, 4) is 0 Å². The van der Waals surface area contributed by atoms with Crippen LogP contribution >= 0.6 is 0 Å². The van der Waals surface area contributed by atoms with Crippen molar-refractivity contribution in [2.24, 2.45) is 0 Å². The zero-order valence-corrected chi connectivity index (χ0v) is 21.9. The molecule has 1 N–H and O–H groups in total. The van der Waals surface area contributed by atoms with Gasteiger partial charge in [0.25, 0.3) is 0 Å². The molecule has 13 heteroatoms. The first-order valence-electron chi connectivity index (χ1n) is 14.9. The number of benzene rings is 1. The Morgan fingerprint density at radius 1 is 0.850 bits per heavy atom. The number of carbonyl (C=O) groups is 6. The molecular weight excluding hydrogens is 530 g/mol. The molecule has 1 heterocycles. The highest BCUT2D eigenvalue weighted by molar-refractivity contribution is 5.84. The maximum atomic E-state index is 13.0. The van der Waals surface area contributed by atoms with Gasteiger partial charge < -0.3 is 33.7 Å². The summed E-state index contributed by atoms with van der Waals surface area (Å²) in [6.07, 6.45) is -7.94. The molecule has 1 aliphatic rings. The molecule has 1 unspecified atom stereocenters. The van der Waals surface area contributed by atoms with Crippen molar-refractivity contribution >= 4 is 35.8 Å². The van der Waals surface area contributed by atoms with E-state index in [0.717, 1.165) is 5.56 Å². The summed E-state index contributed by atoms with van der Waals surface area (Å²) in [5.74, 6) is -5.60. The van der Waals surface area contributed by atoms with E-state index in [1.807, 2.05) is 0 Å². The third-order valence-electron chi connectivity index (χ3n) is 5.70. The Labute approximate surface area is 237 Å². The highest BCUT2D eigenvalue weighted by Crippen LogP contribution is 2.31. The molecule has 0 saturated carbocycles. The molecule has 40 heavy (non-hydrogen) atoms. The average Bonchev–Trinajstić information content (AvgIpc) is 3.04. The fourth-order valence-electron chi connectivity index (χ4n) is 4.13. The lowest BCUT2D eigenvalue weighted by Gasteiger charge is -2.44. The topological polar surface area (TPSA) is 170 Å². The predicted molar refractivity (Wildman–Crippen MR) is 135 cm³/mol. The second kappa shape index (κ2) is 15.6. The lowest BCUT2D eigenvalue weighted by Crippen LogP contribution is -2.62.